The lowest BCUT2D eigenvalue weighted by atomic mass is 9.94. The highest BCUT2D eigenvalue weighted by Crippen LogP contribution is 2.40. The van der Waals surface area contributed by atoms with E-state index in [-0.39, 0.29) is 11.9 Å². The molecule has 1 N–H and O–H groups in total. The summed E-state index contributed by atoms with van der Waals surface area (Å²) in [4.78, 5) is 0. The molecule has 1 aliphatic carbocycles. The molecule has 1 aromatic heterocycles. The second kappa shape index (κ2) is 5.57. The molecule has 108 valence electrons. The number of hydrogen-bond acceptors (Lipinski definition) is 2. The van der Waals surface area contributed by atoms with Crippen molar-refractivity contribution in [1.29, 1.82) is 0 Å². The third-order valence-corrected chi connectivity index (χ3v) is 4.43. The van der Waals surface area contributed by atoms with Crippen LogP contribution >= 0.6 is 0 Å². The van der Waals surface area contributed by atoms with Gasteiger partial charge in [-0.25, -0.2) is 4.39 Å². The van der Waals surface area contributed by atoms with E-state index in [0.717, 1.165) is 29.2 Å². The molecule has 0 radical (unpaired) electrons. The Hall–Kier alpha value is -1.35. The minimum atomic E-state index is -0.209. The zero-order valence-corrected chi connectivity index (χ0v) is 12.2. The van der Waals surface area contributed by atoms with Gasteiger partial charge in [-0.3, -0.25) is 0 Å². The van der Waals surface area contributed by atoms with Gasteiger partial charge in [0, 0.05) is 5.39 Å². The Bertz CT molecular complexity index is 592. The first-order chi connectivity index (χ1) is 9.67. The fourth-order valence-corrected chi connectivity index (χ4v) is 3.46. The molecule has 2 nitrogen and oxygen atoms in total. The smallest absolute Gasteiger partial charge is 0.134 e. The highest BCUT2D eigenvalue weighted by molar-refractivity contribution is 5.78. The Morgan fingerprint density at radius 3 is 2.90 bits per heavy atom. The summed E-state index contributed by atoms with van der Waals surface area (Å²) in [6, 6.07) is 6.96. The number of benzene rings is 1. The van der Waals surface area contributed by atoms with Crippen LogP contribution in [-0.2, 0) is 0 Å². The fraction of sp³-hybridized carbons (Fsp3) is 0.529. The van der Waals surface area contributed by atoms with Crippen molar-refractivity contribution in [2.24, 2.45) is 11.8 Å². The molecule has 1 heterocycles. The molecule has 1 aromatic carbocycles. The van der Waals surface area contributed by atoms with Crippen LogP contribution in [0, 0.1) is 17.7 Å². The van der Waals surface area contributed by atoms with Crippen molar-refractivity contribution in [3.8, 4) is 0 Å². The van der Waals surface area contributed by atoms with Gasteiger partial charge in [-0.05, 0) is 55.5 Å². The Morgan fingerprint density at radius 1 is 1.35 bits per heavy atom. The zero-order chi connectivity index (χ0) is 14.1. The summed E-state index contributed by atoms with van der Waals surface area (Å²) in [6.45, 7) is 5.35. The van der Waals surface area contributed by atoms with Gasteiger partial charge < -0.3 is 9.73 Å². The molecule has 3 unspecified atom stereocenters. The zero-order valence-electron chi connectivity index (χ0n) is 12.2. The van der Waals surface area contributed by atoms with Crippen LogP contribution in [0.15, 0.2) is 28.7 Å². The van der Waals surface area contributed by atoms with Crippen LogP contribution < -0.4 is 5.32 Å². The first kappa shape index (κ1) is 13.6. The predicted molar refractivity (Wildman–Crippen MR) is 79.1 cm³/mol. The van der Waals surface area contributed by atoms with Gasteiger partial charge in [0.1, 0.15) is 17.2 Å². The number of nitrogens with one attached hydrogen (secondary N) is 1. The van der Waals surface area contributed by atoms with E-state index >= 15 is 0 Å². The largest absolute Gasteiger partial charge is 0.459 e. The monoisotopic (exact) mass is 275 g/mol. The van der Waals surface area contributed by atoms with Crippen LogP contribution in [0.4, 0.5) is 4.39 Å². The standard InChI is InChI=1S/C17H22FNO/c1-3-19-17(12-5-4-11(2)8-12)16-10-13-9-14(18)6-7-15(13)20-16/h6-7,9-12,17,19H,3-5,8H2,1-2H3. The van der Waals surface area contributed by atoms with Gasteiger partial charge in [0.25, 0.3) is 0 Å². The predicted octanol–water partition coefficient (Wildman–Crippen LogP) is 4.66. The number of halogens is 1. The van der Waals surface area contributed by atoms with Gasteiger partial charge in [0.2, 0.25) is 0 Å². The molecule has 3 heteroatoms. The van der Waals surface area contributed by atoms with Crippen LogP contribution in [0.5, 0.6) is 0 Å². The molecule has 1 fully saturated rings. The molecule has 20 heavy (non-hydrogen) atoms. The summed E-state index contributed by atoms with van der Waals surface area (Å²) in [5, 5.41) is 4.40. The Kier molecular flexibility index (Phi) is 3.79. The second-order valence-electron chi connectivity index (χ2n) is 6.04. The van der Waals surface area contributed by atoms with Crippen molar-refractivity contribution in [1.82, 2.24) is 5.32 Å². The van der Waals surface area contributed by atoms with E-state index in [1.165, 1.54) is 25.3 Å². The molecule has 3 rings (SSSR count). The molecular weight excluding hydrogens is 253 g/mol. The summed E-state index contributed by atoms with van der Waals surface area (Å²) in [6.07, 6.45) is 3.77. The van der Waals surface area contributed by atoms with Crippen LogP contribution in [0.3, 0.4) is 0 Å². The third kappa shape index (κ3) is 2.59. The molecular formula is C17H22FNO. The molecule has 0 bridgehead atoms. The summed E-state index contributed by atoms with van der Waals surface area (Å²) in [5.74, 6) is 2.16. The van der Waals surface area contributed by atoms with E-state index in [0.29, 0.717) is 5.92 Å². The van der Waals surface area contributed by atoms with Crippen molar-refractivity contribution < 1.29 is 8.81 Å². The second-order valence-corrected chi connectivity index (χ2v) is 6.04. The maximum atomic E-state index is 13.3. The topological polar surface area (TPSA) is 25.2 Å². The first-order valence-corrected chi connectivity index (χ1v) is 7.59. The molecule has 0 amide bonds. The Balaban J connectivity index is 1.92. The molecule has 1 aliphatic rings. The van der Waals surface area contributed by atoms with E-state index in [2.05, 4.69) is 19.2 Å². The normalized spacial score (nSPS) is 24.4. The Morgan fingerprint density at radius 2 is 2.20 bits per heavy atom. The molecule has 3 atom stereocenters. The van der Waals surface area contributed by atoms with Crippen LogP contribution in [-0.4, -0.2) is 6.54 Å². The van der Waals surface area contributed by atoms with E-state index in [1.807, 2.05) is 6.07 Å². The van der Waals surface area contributed by atoms with Crippen molar-refractivity contribution in [2.75, 3.05) is 6.54 Å². The maximum Gasteiger partial charge on any atom is 0.134 e. The van der Waals surface area contributed by atoms with E-state index in [1.54, 1.807) is 12.1 Å². The molecule has 0 aliphatic heterocycles. The summed E-state index contributed by atoms with van der Waals surface area (Å²) in [5.41, 5.74) is 0.773. The Labute approximate surface area is 119 Å². The van der Waals surface area contributed by atoms with Crippen LogP contribution in [0.25, 0.3) is 11.0 Å². The molecule has 0 saturated heterocycles. The van der Waals surface area contributed by atoms with Gasteiger partial charge in [-0.1, -0.05) is 20.3 Å². The van der Waals surface area contributed by atoms with Crippen molar-refractivity contribution >= 4 is 11.0 Å². The lowest BCUT2D eigenvalue weighted by Gasteiger charge is -2.22. The lowest BCUT2D eigenvalue weighted by Crippen LogP contribution is -2.26. The summed E-state index contributed by atoms with van der Waals surface area (Å²) >= 11 is 0. The minimum absolute atomic E-state index is 0.209. The number of fused-ring (bicyclic) bond motifs is 1. The van der Waals surface area contributed by atoms with Crippen LogP contribution in [0.1, 0.15) is 44.9 Å². The van der Waals surface area contributed by atoms with E-state index < -0.39 is 0 Å². The average Bonchev–Trinajstić information content (AvgIpc) is 3.01. The average molecular weight is 275 g/mol. The summed E-state index contributed by atoms with van der Waals surface area (Å²) in [7, 11) is 0. The number of rotatable bonds is 4. The van der Waals surface area contributed by atoms with E-state index in [4.69, 9.17) is 4.42 Å². The maximum absolute atomic E-state index is 13.3. The first-order valence-electron chi connectivity index (χ1n) is 7.59. The van der Waals surface area contributed by atoms with Gasteiger partial charge >= 0.3 is 0 Å². The van der Waals surface area contributed by atoms with Crippen molar-refractivity contribution in [2.45, 2.75) is 39.2 Å². The highest BCUT2D eigenvalue weighted by atomic mass is 19.1. The van der Waals surface area contributed by atoms with Crippen molar-refractivity contribution in [3.63, 3.8) is 0 Å². The molecule has 2 aromatic rings. The van der Waals surface area contributed by atoms with Crippen LogP contribution in [0.2, 0.25) is 0 Å². The lowest BCUT2D eigenvalue weighted by molar-refractivity contribution is 0.318. The molecule has 1 saturated carbocycles. The highest BCUT2D eigenvalue weighted by Gasteiger charge is 2.31. The number of furan rings is 1. The van der Waals surface area contributed by atoms with Gasteiger partial charge in [0.05, 0.1) is 6.04 Å². The SMILES string of the molecule is CCNC(c1cc2cc(F)ccc2o1)C1CCC(C)C1. The van der Waals surface area contributed by atoms with Gasteiger partial charge in [-0.2, -0.15) is 0 Å². The third-order valence-electron chi connectivity index (χ3n) is 4.43. The van der Waals surface area contributed by atoms with E-state index in [9.17, 15) is 4.39 Å². The number of hydrogen-bond donors (Lipinski definition) is 1. The molecule has 0 spiro atoms. The minimum Gasteiger partial charge on any atom is -0.459 e. The fourth-order valence-electron chi connectivity index (χ4n) is 3.46. The quantitative estimate of drug-likeness (QED) is 0.878. The summed E-state index contributed by atoms with van der Waals surface area (Å²) < 4.78 is 19.2. The van der Waals surface area contributed by atoms with Gasteiger partial charge in [0.15, 0.2) is 0 Å². The van der Waals surface area contributed by atoms with Gasteiger partial charge in [-0.15, -0.1) is 0 Å². The van der Waals surface area contributed by atoms with Crippen molar-refractivity contribution in [3.05, 3.63) is 35.8 Å².